The number of hydrogen-bond acceptors (Lipinski definition) is 4. The van der Waals surface area contributed by atoms with Crippen LogP contribution in [-0.2, 0) is 17.4 Å². The maximum Gasteiger partial charge on any atom is 0.425 e. The van der Waals surface area contributed by atoms with E-state index in [1.165, 1.54) is 22.9 Å². The van der Waals surface area contributed by atoms with Crippen molar-refractivity contribution in [2.45, 2.75) is 31.7 Å². The molecule has 1 heterocycles. The fourth-order valence-corrected chi connectivity index (χ4v) is 3.48. The number of anilines is 1. The van der Waals surface area contributed by atoms with E-state index in [4.69, 9.17) is 10.1 Å². The number of para-hydroxylation sites is 1. The molecule has 9 heteroatoms. The quantitative estimate of drug-likeness (QED) is 0.499. The Balaban J connectivity index is 2.16. The number of alkyl halides is 3. The third kappa shape index (κ3) is 4.00. The highest BCUT2D eigenvalue weighted by Gasteiger charge is 2.57. The Hall–Kier alpha value is -3.33. The number of nitrogens with zero attached hydrogens (tertiary/aromatic N) is 1. The Morgan fingerprint density at radius 2 is 1.90 bits per heavy atom. The number of hydrogen-bond donors (Lipinski definition) is 3. The maximum atomic E-state index is 14.3. The smallest absolute Gasteiger partial charge is 0.425 e. The molecule has 6 nitrogen and oxygen atoms in total. The minimum absolute atomic E-state index is 0.0129. The molecular formula is C22H22F3N3O3. The Bertz CT molecular complexity index is 1140. The average Bonchev–Trinajstić information content (AvgIpc) is 3.03. The second-order valence-electron chi connectivity index (χ2n) is 7.40. The number of halogens is 3. The summed E-state index contributed by atoms with van der Waals surface area (Å²) in [5, 5.41) is 21.3. The minimum Gasteiger partial charge on any atom is -0.447 e. The molecule has 0 aliphatic carbocycles. The summed E-state index contributed by atoms with van der Waals surface area (Å²) in [7, 11) is 1.60. The highest BCUT2D eigenvalue weighted by atomic mass is 19.4. The summed E-state index contributed by atoms with van der Waals surface area (Å²) in [6, 6.07) is 9.78. The van der Waals surface area contributed by atoms with E-state index in [2.05, 4.69) is 5.32 Å². The molecule has 164 valence electrons. The first-order valence-corrected chi connectivity index (χ1v) is 9.45. The Labute approximate surface area is 176 Å². The highest BCUT2D eigenvalue weighted by molar-refractivity contribution is 5.94. The third-order valence-corrected chi connectivity index (χ3v) is 4.90. The van der Waals surface area contributed by atoms with Crippen molar-refractivity contribution in [3.8, 4) is 0 Å². The average molecular weight is 433 g/mol. The van der Waals surface area contributed by atoms with Gasteiger partial charge in [-0.05, 0) is 37.6 Å². The Kier molecular flexibility index (Phi) is 5.82. The molecule has 1 aromatic heterocycles. The van der Waals surface area contributed by atoms with Crippen LogP contribution in [0.3, 0.4) is 0 Å². The van der Waals surface area contributed by atoms with Crippen LogP contribution in [0.15, 0.2) is 48.7 Å². The van der Waals surface area contributed by atoms with Gasteiger partial charge in [0.05, 0.1) is 11.8 Å². The van der Waals surface area contributed by atoms with Crippen LogP contribution in [-0.4, -0.2) is 34.3 Å². The molecule has 0 aliphatic rings. The van der Waals surface area contributed by atoms with Gasteiger partial charge in [0.25, 0.3) is 0 Å². The molecule has 3 N–H and O–H groups in total. The lowest BCUT2D eigenvalue weighted by molar-refractivity contribution is -0.247. The van der Waals surface area contributed by atoms with Crippen molar-refractivity contribution in [3.05, 3.63) is 65.4 Å². The largest absolute Gasteiger partial charge is 0.447 e. The summed E-state index contributed by atoms with van der Waals surface area (Å²) < 4.78 is 49.4. The van der Waals surface area contributed by atoms with E-state index in [9.17, 15) is 23.1 Å². The summed E-state index contributed by atoms with van der Waals surface area (Å²) in [4.78, 5) is 11.9. The number of carbonyl (C=O) groups is 1. The number of fused-ring (bicyclic) bond motifs is 1. The van der Waals surface area contributed by atoms with E-state index < -0.39 is 29.5 Å². The van der Waals surface area contributed by atoms with Gasteiger partial charge in [0.2, 0.25) is 5.60 Å². The normalized spacial score (nSPS) is 13.8. The summed E-state index contributed by atoms with van der Waals surface area (Å²) in [6.45, 7) is 3.29. The SMILES string of the molecule is CC(C)OC(=O)Nc1ccc(C(O)(c2cn(C)c3ccccc23)C(F)(F)F)cc1C=N. The summed E-state index contributed by atoms with van der Waals surface area (Å²) in [5.74, 6) is 0. The number of benzene rings is 2. The summed E-state index contributed by atoms with van der Waals surface area (Å²) in [6.07, 6.45) is -4.21. The van der Waals surface area contributed by atoms with Gasteiger partial charge in [0.15, 0.2) is 0 Å². The van der Waals surface area contributed by atoms with Crippen LogP contribution in [0.4, 0.5) is 23.7 Å². The molecule has 0 saturated carbocycles. The molecule has 31 heavy (non-hydrogen) atoms. The topological polar surface area (TPSA) is 87.3 Å². The molecule has 0 aliphatic heterocycles. The number of aliphatic hydroxyl groups is 1. The number of aromatic nitrogens is 1. The van der Waals surface area contributed by atoms with Gasteiger partial charge in [-0.2, -0.15) is 13.2 Å². The van der Waals surface area contributed by atoms with E-state index >= 15 is 0 Å². The first-order chi connectivity index (χ1) is 14.5. The zero-order valence-electron chi connectivity index (χ0n) is 17.1. The predicted molar refractivity (Wildman–Crippen MR) is 112 cm³/mol. The second-order valence-corrected chi connectivity index (χ2v) is 7.40. The van der Waals surface area contributed by atoms with Crippen LogP contribution in [0, 0.1) is 5.41 Å². The van der Waals surface area contributed by atoms with Crippen molar-refractivity contribution in [2.75, 3.05) is 5.32 Å². The number of amides is 1. The molecule has 1 unspecified atom stereocenters. The number of ether oxygens (including phenoxy) is 1. The van der Waals surface area contributed by atoms with Gasteiger partial charge in [-0.3, -0.25) is 5.32 Å². The van der Waals surface area contributed by atoms with Gasteiger partial charge >= 0.3 is 12.3 Å². The van der Waals surface area contributed by atoms with Gasteiger partial charge in [-0.25, -0.2) is 4.79 Å². The summed E-state index contributed by atoms with van der Waals surface area (Å²) in [5.41, 5.74) is -3.52. The predicted octanol–water partition coefficient (Wildman–Crippen LogP) is 4.93. The molecule has 0 spiro atoms. The highest BCUT2D eigenvalue weighted by Crippen LogP contribution is 2.47. The van der Waals surface area contributed by atoms with Crippen molar-refractivity contribution in [1.82, 2.24) is 4.57 Å². The minimum atomic E-state index is -5.05. The molecule has 2 aromatic carbocycles. The Morgan fingerprint density at radius 3 is 2.52 bits per heavy atom. The maximum absolute atomic E-state index is 14.3. The number of nitrogens with one attached hydrogen (secondary N) is 2. The third-order valence-electron chi connectivity index (χ3n) is 4.90. The van der Waals surface area contributed by atoms with Gasteiger partial charge in [0, 0.05) is 41.5 Å². The van der Waals surface area contributed by atoms with Crippen molar-refractivity contribution >= 4 is 28.9 Å². The van der Waals surface area contributed by atoms with Crippen molar-refractivity contribution < 1.29 is 27.8 Å². The first kappa shape index (κ1) is 22.4. The lowest BCUT2D eigenvalue weighted by atomic mass is 9.84. The van der Waals surface area contributed by atoms with Gasteiger partial charge < -0.3 is 19.8 Å². The monoisotopic (exact) mass is 433 g/mol. The fourth-order valence-electron chi connectivity index (χ4n) is 3.48. The van der Waals surface area contributed by atoms with Crippen LogP contribution < -0.4 is 5.32 Å². The second kappa shape index (κ2) is 8.07. The van der Waals surface area contributed by atoms with E-state index in [0.29, 0.717) is 5.52 Å². The molecule has 3 aromatic rings. The van der Waals surface area contributed by atoms with E-state index in [1.807, 2.05) is 0 Å². The van der Waals surface area contributed by atoms with E-state index in [0.717, 1.165) is 18.3 Å². The lowest BCUT2D eigenvalue weighted by Crippen LogP contribution is -2.43. The summed E-state index contributed by atoms with van der Waals surface area (Å²) >= 11 is 0. The molecule has 0 radical (unpaired) electrons. The van der Waals surface area contributed by atoms with Crippen LogP contribution in [0.1, 0.15) is 30.5 Å². The molecule has 0 bridgehead atoms. The number of aryl methyl sites for hydroxylation is 1. The van der Waals surface area contributed by atoms with Crippen molar-refractivity contribution in [1.29, 1.82) is 5.41 Å². The fraction of sp³-hybridized carbons (Fsp3) is 0.273. The molecule has 1 amide bonds. The lowest BCUT2D eigenvalue weighted by Gasteiger charge is -2.31. The molecule has 0 fully saturated rings. The van der Waals surface area contributed by atoms with Crippen LogP contribution in [0.2, 0.25) is 0 Å². The van der Waals surface area contributed by atoms with Crippen molar-refractivity contribution in [2.24, 2.45) is 7.05 Å². The zero-order valence-corrected chi connectivity index (χ0v) is 17.1. The van der Waals surface area contributed by atoms with Gasteiger partial charge in [0.1, 0.15) is 0 Å². The number of rotatable bonds is 5. The molecule has 0 saturated heterocycles. The van der Waals surface area contributed by atoms with Crippen LogP contribution in [0.25, 0.3) is 10.9 Å². The van der Waals surface area contributed by atoms with Gasteiger partial charge in [-0.15, -0.1) is 0 Å². The first-order valence-electron chi connectivity index (χ1n) is 9.45. The van der Waals surface area contributed by atoms with Crippen molar-refractivity contribution in [3.63, 3.8) is 0 Å². The molecule has 3 rings (SSSR count). The van der Waals surface area contributed by atoms with Crippen LogP contribution in [0.5, 0.6) is 0 Å². The molecular weight excluding hydrogens is 411 g/mol. The number of carbonyl (C=O) groups excluding carboxylic acids is 1. The van der Waals surface area contributed by atoms with Crippen LogP contribution >= 0.6 is 0 Å². The van der Waals surface area contributed by atoms with E-state index in [1.54, 1.807) is 39.1 Å². The standard InChI is InChI=1S/C22H22F3N3O3/c1-13(2)31-20(29)27-18-9-8-15(10-14(18)11-26)21(30,22(23,24)25)17-12-28(3)19-7-5-4-6-16(17)19/h4-13,26,30H,1-3H3,(H,27,29). The zero-order chi connectivity index (χ0) is 23.0. The molecule has 1 atom stereocenters. The van der Waals surface area contributed by atoms with E-state index in [-0.39, 0.29) is 22.2 Å². The van der Waals surface area contributed by atoms with Gasteiger partial charge in [-0.1, -0.05) is 24.3 Å². The Morgan fingerprint density at radius 1 is 1.23 bits per heavy atom.